The molecule has 122 valence electrons. The van der Waals surface area contributed by atoms with Crippen LogP contribution in [0.25, 0.3) is 5.65 Å². The summed E-state index contributed by atoms with van der Waals surface area (Å²) < 4.78 is 6.14. The van der Waals surface area contributed by atoms with Crippen molar-refractivity contribution in [2.45, 2.75) is 52.9 Å². The minimum Gasteiger partial charge on any atom is -0.321 e. The molecule has 0 radical (unpaired) electrons. The molecule has 0 saturated heterocycles. The largest absolute Gasteiger partial charge is 0.461 e. The molecule has 0 saturated carbocycles. The number of hydrogen-bond donors (Lipinski definition) is 1. The monoisotopic (exact) mass is 313 g/mol. The zero-order chi connectivity index (χ0) is 16.6. The van der Waals surface area contributed by atoms with Crippen molar-refractivity contribution < 1.29 is 4.52 Å². The van der Waals surface area contributed by atoms with Gasteiger partial charge >= 0.3 is 5.76 Å². The van der Waals surface area contributed by atoms with E-state index in [1.807, 2.05) is 6.92 Å². The zero-order valence-corrected chi connectivity index (χ0v) is 14.1. The third-order valence-electron chi connectivity index (χ3n) is 4.54. The highest BCUT2D eigenvalue weighted by atomic mass is 16.5. The summed E-state index contributed by atoms with van der Waals surface area (Å²) >= 11 is 0. The summed E-state index contributed by atoms with van der Waals surface area (Å²) in [4.78, 5) is 11.7. The van der Waals surface area contributed by atoms with Gasteiger partial charge in [0.1, 0.15) is 0 Å². The van der Waals surface area contributed by atoms with Crippen LogP contribution in [0.2, 0.25) is 0 Å². The van der Waals surface area contributed by atoms with Crippen molar-refractivity contribution in [3.8, 4) is 0 Å². The molecule has 2 aromatic heterocycles. The topological polar surface area (TPSA) is 63.3 Å². The normalized spacial score (nSPS) is 12.9. The second kappa shape index (κ2) is 6.07. The molecule has 1 atom stereocenters. The average Bonchev–Trinajstić information content (AvgIpc) is 3.03. The van der Waals surface area contributed by atoms with Gasteiger partial charge in [-0.3, -0.25) is 0 Å². The molecular weight excluding hydrogens is 290 g/mol. The molecule has 5 heteroatoms. The van der Waals surface area contributed by atoms with Gasteiger partial charge in [0.05, 0.1) is 5.69 Å². The Morgan fingerprint density at radius 2 is 2.09 bits per heavy atom. The molecule has 1 N–H and O–H groups in total. The highest BCUT2D eigenvalue weighted by Gasteiger charge is 2.24. The summed E-state index contributed by atoms with van der Waals surface area (Å²) in [7, 11) is 0. The van der Waals surface area contributed by atoms with E-state index in [1.165, 1.54) is 21.2 Å². The van der Waals surface area contributed by atoms with E-state index in [0.29, 0.717) is 5.65 Å². The third-order valence-corrected chi connectivity index (χ3v) is 4.54. The fourth-order valence-corrected chi connectivity index (χ4v) is 3.30. The third kappa shape index (κ3) is 2.71. The maximum Gasteiger partial charge on any atom is 0.461 e. The molecule has 0 aliphatic heterocycles. The van der Waals surface area contributed by atoms with Gasteiger partial charge in [-0.1, -0.05) is 43.5 Å². The van der Waals surface area contributed by atoms with Gasteiger partial charge in [0.15, 0.2) is 5.65 Å². The Labute approximate surface area is 135 Å². The predicted molar refractivity (Wildman–Crippen MR) is 90.1 cm³/mol. The van der Waals surface area contributed by atoms with Crippen LogP contribution in [0.3, 0.4) is 0 Å². The number of nitrogens with zero attached hydrogens (tertiary/aromatic N) is 2. The van der Waals surface area contributed by atoms with Crippen LogP contribution in [0.5, 0.6) is 0 Å². The van der Waals surface area contributed by atoms with Gasteiger partial charge in [-0.05, 0) is 38.3 Å². The summed E-state index contributed by atoms with van der Waals surface area (Å²) in [5.41, 5.74) is 6.42. The van der Waals surface area contributed by atoms with Gasteiger partial charge in [-0.15, -0.1) is 4.52 Å². The maximum atomic E-state index is 11.7. The molecule has 2 heterocycles. The first kappa shape index (κ1) is 15.6. The number of H-pyrrole nitrogens is 1. The number of aryl methyl sites for hydroxylation is 3. The first-order valence-electron chi connectivity index (χ1n) is 8.16. The Morgan fingerprint density at radius 3 is 2.74 bits per heavy atom. The van der Waals surface area contributed by atoms with E-state index in [0.717, 1.165) is 30.5 Å². The van der Waals surface area contributed by atoms with Crippen molar-refractivity contribution in [1.29, 1.82) is 0 Å². The second-order valence-electron chi connectivity index (χ2n) is 6.30. The van der Waals surface area contributed by atoms with Crippen molar-refractivity contribution in [1.82, 2.24) is 14.8 Å². The van der Waals surface area contributed by atoms with E-state index in [1.54, 1.807) is 0 Å². The van der Waals surface area contributed by atoms with Crippen LogP contribution in [0, 0.1) is 20.8 Å². The molecular formula is C18H23N3O2. The Kier molecular flexibility index (Phi) is 4.11. The van der Waals surface area contributed by atoms with Gasteiger partial charge in [0.2, 0.25) is 0 Å². The molecule has 0 bridgehead atoms. The van der Waals surface area contributed by atoms with Crippen molar-refractivity contribution in [2.75, 3.05) is 0 Å². The first-order valence-corrected chi connectivity index (χ1v) is 8.16. The molecule has 1 unspecified atom stereocenters. The molecule has 3 rings (SSSR count). The molecule has 1 aromatic carbocycles. The molecule has 3 aromatic rings. The second-order valence-corrected chi connectivity index (χ2v) is 6.30. The summed E-state index contributed by atoms with van der Waals surface area (Å²) in [6, 6.07) is 6.55. The minimum absolute atomic E-state index is 0.197. The Morgan fingerprint density at radius 1 is 1.30 bits per heavy atom. The number of benzene rings is 1. The fraction of sp³-hybridized carbons (Fsp3) is 0.444. The molecule has 0 spiro atoms. The highest BCUT2D eigenvalue weighted by molar-refractivity contribution is 5.51. The smallest absolute Gasteiger partial charge is 0.321 e. The van der Waals surface area contributed by atoms with Crippen LogP contribution < -0.4 is 5.76 Å². The van der Waals surface area contributed by atoms with Crippen LogP contribution in [0.4, 0.5) is 0 Å². The van der Waals surface area contributed by atoms with Crippen LogP contribution >= 0.6 is 0 Å². The van der Waals surface area contributed by atoms with Crippen LogP contribution in [0.1, 0.15) is 60.1 Å². The van der Waals surface area contributed by atoms with E-state index in [9.17, 15) is 4.79 Å². The highest BCUT2D eigenvalue weighted by Crippen LogP contribution is 2.34. The lowest BCUT2D eigenvalue weighted by molar-refractivity contribution is 0.382. The molecule has 0 fully saturated rings. The van der Waals surface area contributed by atoms with Gasteiger partial charge in [-0.2, -0.15) is 10.3 Å². The van der Waals surface area contributed by atoms with Gasteiger partial charge in [0, 0.05) is 11.5 Å². The van der Waals surface area contributed by atoms with Crippen molar-refractivity contribution in [3.05, 3.63) is 56.7 Å². The van der Waals surface area contributed by atoms with Crippen LogP contribution in [0.15, 0.2) is 27.5 Å². The first-order chi connectivity index (χ1) is 11.0. The number of hydrogen-bond acceptors (Lipinski definition) is 3. The minimum atomic E-state index is -0.468. The predicted octanol–water partition coefficient (Wildman–Crippen LogP) is 3.86. The quantitative estimate of drug-likeness (QED) is 0.778. The molecule has 0 amide bonds. The zero-order valence-electron chi connectivity index (χ0n) is 14.1. The van der Waals surface area contributed by atoms with E-state index in [4.69, 9.17) is 4.52 Å². The maximum absolute atomic E-state index is 11.7. The summed E-state index contributed by atoms with van der Waals surface area (Å²) in [6.07, 6.45) is 3.28. The van der Waals surface area contributed by atoms with Gasteiger partial charge in [-0.25, -0.2) is 4.79 Å². The summed E-state index contributed by atoms with van der Waals surface area (Å²) in [5, 5.41) is 7.22. The van der Waals surface area contributed by atoms with Crippen molar-refractivity contribution >= 4 is 5.65 Å². The van der Waals surface area contributed by atoms with Crippen LogP contribution in [-0.4, -0.2) is 14.8 Å². The lowest BCUT2D eigenvalue weighted by atomic mass is 9.86. The Bertz CT molecular complexity index is 885. The standard InChI is InChI=1S/C18H23N3O2/c1-5-6-7-15(14-9-8-11(2)10-12(14)3)16-13(4)17-20-23-18(22)21(17)19-16/h8-10,15,20H,5-7H2,1-4H3. The van der Waals surface area contributed by atoms with E-state index >= 15 is 0 Å². The van der Waals surface area contributed by atoms with Crippen molar-refractivity contribution in [2.24, 2.45) is 0 Å². The van der Waals surface area contributed by atoms with Crippen LogP contribution in [-0.2, 0) is 0 Å². The average molecular weight is 313 g/mol. The van der Waals surface area contributed by atoms with E-state index < -0.39 is 5.76 Å². The van der Waals surface area contributed by atoms with Gasteiger partial charge < -0.3 is 4.52 Å². The molecule has 23 heavy (non-hydrogen) atoms. The number of unbranched alkanes of at least 4 members (excludes halogenated alkanes) is 1. The lowest BCUT2D eigenvalue weighted by Gasteiger charge is -2.19. The number of rotatable bonds is 5. The van der Waals surface area contributed by atoms with E-state index in [2.05, 4.69) is 49.2 Å². The fourth-order valence-electron chi connectivity index (χ4n) is 3.30. The summed E-state index contributed by atoms with van der Waals surface area (Å²) in [5.74, 6) is -0.271. The Hall–Kier alpha value is -2.30. The van der Waals surface area contributed by atoms with Crippen molar-refractivity contribution in [3.63, 3.8) is 0 Å². The number of nitrogens with one attached hydrogen (secondary N) is 1. The molecule has 5 nitrogen and oxygen atoms in total. The lowest BCUT2D eigenvalue weighted by Crippen LogP contribution is -2.10. The Balaban J connectivity index is 2.14. The SMILES string of the molecule is CCCCC(c1ccc(C)cc1C)c1nn2c(=O)o[nH]c2c1C. The number of aromatic amines is 1. The molecule has 0 aliphatic carbocycles. The summed E-state index contributed by atoms with van der Waals surface area (Å²) in [6.45, 7) is 8.44. The van der Waals surface area contributed by atoms with Gasteiger partial charge in [0.25, 0.3) is 0 Å². The van der Waals surface area contributed by atoms with E-state index in [-0.39, 0.29) is 5.92 Å². The number of fused-ring (bicyclic) bond motifs is 1. The number of aromatic nitrogens is 3. The molecule has 0 aliphatic rings.